The van der Waals surface area contributed by atoms with Gasteiger partial charge in [0.2, 0.25) is 0 Å². The van der Waals surface area contributed by atoms with Crippen molar-refractivity contribution in [2.24, 2.45) is 0 Å². The van der Waals surface area contributed by atoms with E-state index in [-0.39, 0.29) is 0 Å². The number of aryl methyl sites for hydroxylation is 2. The Labute approximate surface area is 339 Å². The number of nitrogens with zero attached hydrogens (tertiary/aromatic N) is 2. The maximum Gasteiger partial charge on any atom is 0.162 e. The average Bonchev–Trinajstić information content (AvgIpc) is 3.99. The molecule has 12 rings (SSSR count). The molecule has 0 aliphatic rings. The molecule has 0 saturated carbocycles. The average molecular weight is 761 g/mol. The molecule has 3 aromatic heterocycles. The van der Waals surface area contributed by atoms with Crippen LogP contribution in [0.25, 0.3) is 76.6 Å². The summed E-state index contributed by atoms with van der Waals surface area (Å²) in [6.45, 7) is 4.22. The summed E-state index contributed by atoms with van der Waals surface area (Å²) in [6, 6.07) is 63.9. The van der Waals surface area contributed by atoms with Crippen molar-refractivity contribution in [2.45, 2.75) is 13.8 Å². The Morgan fingerprint density at radius 2 is 0.712 bits per heavy atom. The second kappa shape index (κ2) is 12.9. The summed E-state index contributed by atoms with van der Waals surface area (Å²) in [5.41, 5.74) is 13.0. The number of fused-ring (bicyclic) bond motifs is 10. The lowest BCUT2D eigenvalue weighted by Crippen LogP contribution is -2.14. The molecule has 9 aromatic carbocycles. The fourth-order valence-corrected chi connectivity index (χ4v) is 9.23. The number of hydrogen-bond acceptors (Lipinski definition) is 5. The molecular weight excluding hydrogens is 725 g/mol. The van der Waals surface area contributed by atoms with Crippen molar-refractivity contribution < 1.29 is 13.3 Å². The van der Waals surface area contributed by atoms with E-state index < -0.39 is 0 Å². The van der Waals surface area contributed by atoms with E-state index in [1.54, 1.807) is 0 Å². The van der Waals surface area contributed by atoms with Gasteiger partial charge in [0.05, 0.1) is 28.1 Å². The van der Waals surface area contributed by atoms with Gasteiger partial charge in [0, 0.05) is 49.1 Å². The predicted molar refractivity (Wildman–Crippen MR) is 245 cm³/mol. The fourth-order valence-electron chi connectivity index (χ4n) is 9.23. The number of para-hydroxylation sites is 7. The highest BCUT2D eigenvalue weighted by molar-refractivity contribution is 6.29. The van der Waals surface area contributed by atoms with Gasteiger partial charge < -0.3 is 23.1 Å². The van der Waals surface area contributed by atoms with E-state index in [4.69, 9.17) is 13.3 Å². The van der Waals surface area contributed by atoms with Crippen LogP contribution in [0.15, 0.2) is 195 Å². The fraction of sp³-hybridized carbons (Fsp3) is 0.0370. The van der Waals surface area contributed by atoms with Gasteiger partial charge in [0.1, 0.15) is 16.7 Å². The smallest absolute Gasteiger partial charge is 0.162 e. The minimum atomic E-state index is 0.765. The van der Waals surface area contributed by atoms with Crippen molar-refractivity contribution in [3.8, 4) is 0 Å². The molecule has 5 heteroatoms. The first-order chi connectivity index (χ1) is 29.1. The van der Waals surface area contributed by atoms with Gasteiger partial charge in [-0.3, -0.25) is 0 Å². The molecule has 280 valence electrons. The van der Waals surface area contributed by atoms with Crippen LogP contribution in [-0.4, -0.2) is 0 Å². The third-order valence-corrected chi connectivity index (χ3v) is 11.8. The number of hydrogen-bond donors (Lipinski definition) is 0. The second-order valence-electron chi connectivity index (χ2n) is 15.3. The zero-order valence-electron chi connectivity index (χ0n) is 32.4. The number of rotatable bonds is 6. The highest BCUT2D eigenvalue weighted by Gasteiger charge is 2.31. The van der Waals surface area contributed by atoms with Gasteiger partial charge >= 0.3 is 0 Å². The Kier molecular flexibility index (Phi) is 7.29. The third kappa shape index (κ3) is 4.91. The Balaban J connectivity index is 1.25. The SMILES string of the molecule is Cc1cccc2c1oc1c(N(c3ccccc3)c3c4ccccc4c(N(c4ccccc4)c4cccc5c4oc4c(C)cccc45)c4c3oc3ccccc34)cccc12. The summed E-state index contributed by atoms with van der Waals surface area (Å²) >= 11 is 0. The zero-order valence-corrected chi connectivity index (χ0v) is 32.4. The monoisotopic (exact) mass is 760 g/mol. The Bertz CT molecular complexity index is 3600. The highest BCUT2D eigenvalue weighted by atomic mass is 16.3. The molecule has 0 N–H and O–H groups in total. The van der Waals surface area contributed by atoms with Crippen LogP contribution in [-0.2, 0) is 0 Å². The van der Waals surface area contributed by atoms with Gasteiger partial charge in [-0.25, -0.2) is 0 Å². The van der Waals surface area contributed by atoms with Crippen LogP contribution >= 0.6 is 0 Å². The lowest BCUT2D eigenvalue weighted by Gasteiger charge is -2.31. The minimum absolute atomic E-state index is 0.765. The van der Waals surface area contributed by atoms with Crippen molar-refractivity contribution in [3.05, 3.63) is 193 Å². The normalized spacial score (nSPS) is 11.9. The Morgan fingerprint density at radius 1 is 0.305 bits per heavy atom. The maximum atomic E-state index is 7.20. The van der Waals surface area contributed by atoms with Crippen molar-refractivity contribution in [1.29, 1.82) is 0 Å². The molecule has 0 radical (unpaired) electrons. The van der Waals surface area contributed by atoms with E-state index in [0.29, 0.717) is 0 Å². The van der Waals surface area contributed by atoms with Crippen LogP contribution < -0.4 is 9.80 Å². The topological polar surface area (TPSA) is 45.9 Å². The van der Waals surface area contributed by atoms with Crippen LogP contribution in [0.1, 0.15) is 11.1 Å². The first kappa shape index (κ1) is 33.4. The first-order valence-corrected chi connectivity index (χ1v) is 20.0. The Hall–Kier alpha value is -7.76. The lowest BCUT2D eigenvalue weighted by atomic mass is 9.97. The van der Waals surface area contributed by atoms with Crippen molar-refractivity contribution >= 4 is 111 Å². The van der Waals surface area contributed by atoms with Crippen LogP contribution in [0.2, 0.25) is 0 Å². The van der Waals surface area contributed by atoms with Gasteiger partial charge in [-0.2, -0.15) is 0 Å². The number of benzene rings is 9. The van der Waals surface area contributed by atoms with Gasteiger partial charge in [-0.05, 0) is 67.4 Å². The summed E-state index contributed by atoms with van der Waals surface area (Å²) in [5, 5.41) is 8.42. The van der Waals surface area contributed by atoms with E-state index in [2.05, 4.69) is 200 Å². The largest absolute Gasteiger partial charge is 0.454 e. The lowest BCUT2D eigenvalue weighted by molar-refractivity contribution is 0.664. The van der Waals surface area contributed by atoms with Crippen LogP contribution in [0, 0.1) is 13.8 Å². The molecule has 0 atom stereocenters. The van der Waals surface area contributed by atoms with E-state index in [9.17, 15) is 0 Å². The molecule has 0 bridgehead atoms. The quantitative estimate of drug-likeness (QED) is 0.158. The van der Waals surface area contributed by atoms with Crippen LogP contribution in [0.3, 0.4) is 0 Å². The summed E-state index contributed by atoms with van der Waals surface area (Å²) < 4.78 is 21.0. The van der Waals surface area contributed by atoms with E-state index in [1.807, 2.05) is 6.07 Å². The summed E-state index contributed by atoms with van der Waals surface area (Å²) in [4.78, 5) is 4.69. The molecule has 0 aliphatic heterocycles. The molecule has 0 unspecified atom stereocenters. The third-order valence-electron chi connectivity index (χ3n) is 11.8. The molecule has 0 amide bonds. The Morgan fingerprint density at radius 3 is 1.25 bits per heavy atom. The standard InChI is InChI=1S/C54H36N2O3/c1-33-17-13-26-39-41-28-15-30-44(52(41)58-50(33)39)55(35-19-5-3-6-20-35)48-37-23-9-10-24-38(37)49(54-47(48)43-25-11-12-32-46(43)57-54)56(36-21-7-4-8-22-36)45-31-16-29-42-40-27-14-18-34(2)51(40)59-53(42)45/h3-32H,1-2H3. The van der Waals surface area contributed by atoms with Gasteiger partial charge in [0.15, 0.2) is 16.7 Å². The summed E-state index contributed by atoms with van der Waals surface area (Å²) in [6.07, 6.45) is 0. The van der Waals surface area contributed by atoms with Gasteiger partial charge in [-0.15, -0.1) is 0 Å². The van der Waals surface area contributed by atoms with Gasteiger partial charge in [0.25, 0.3) is 0 Å². The molecule has 0 fully saturated rings. The molecule has 59 heavy (non-hydrogen) atoms. The molecule has 0 saturated heterocycles. The molecule has 12 aromatic rings. The number of anilines is 6. The molecule has 3 heterocycles. The minimum Gasteiger partial charge on any atom is -0.454 e. The van der Waals surface area contributed by atoms with E-state index in [0.717, 1.165) is 122 Å². The number of furan rings is 3. The molecule has 5 nitrogen and oxygen atoms in total. The van der Waals surface area contributed by atoms with Crippen molar-refractivity contribution in [2.75, 3.05) is 9.80 Å². The molecular formula is C54H36N2O3. The second-order valence-corrected chi connectivity index (χ2v) is 15.3. The summed E-state index contributed by atoms with van der Waals surface area (Å²) in [7, 11) is 0. The van der Waals surface area contributed by atoms with Crippen molar-refractivity contribution in [1.82, 2.24) is 0 Å². The zero-order chi connectivity index (χ0) is 39.2. The summed E-state index contributed by atoms with van der Waals surface area (Å²) in [5.74, 6) is 0. The predicted octanol–water partition coefficient (Wildman–Crippen LogP) is 16.1. The van der Waals surface area contributed by atoms with Crippen LogP contribution in [0.5, 0.6) is 0 Å². The van der Waals surface area contributed by atoms with Gasteiger partial charge in [-0.1, -0.05) is 140 Å². The molecule has 0 aliphatic carbocycles. The van der Waals surface area contributed by atoms with Crippen LogP contribution in [0.4, 0.5) is 34.1 Å². The molecule has 0 spiro atoms. The highest BCUT2D eigenvalue weighted by Crippen LogP contribution is 2.55. The maximum absolute atomic E-state index is 7.20. The van der Waals surface area contributed by atoms with E-state index in [1.165, 1.54) is 0 Å². The van der Waals surface area contributed by atoms with E-state index >= 15 is 0 Å². The van der Waals surface area contributed by atoms with Crippen molar-refractivity contribution in [3.63, 3.8) is 0 Å². The first-order valence-electron chi connectivity index (χ1n) is 20.0.